The van der Waals surface area contributed by atoms with Crippen molar-refractivity contribution in [2.24, 2.45) is 11.7 Å². The van der Waals surface area contributed by atoms with Crippen molar-refractivity contribution in [3.05, 3.63) is 29.3 Å². The fraction of sp³-hybridized carbons (Fsp3) is 0.357. The van der Waals surface area contributed by atoms with Gasteiger partial charge in [-0.15, -0.1) is 0 Å². The summed E-state index contributed by atoms with van der Waals surface area (Å²) in [4.78, 5) is 34.1. The van der Waals surface area contributed by atoms with Crippen LogP contribution in [-0.4, -0.2) is 29.1 Å². The Hall–Kier alpha value is -2.57. The minimum atomic E-state index is -1.08. The fourth-order valence-electron chi connectivity index (χ4n) is 1.80. The molecular weight excluding hydrogens is 274 g/mol. The van der Waals surface area contributed by atoms with E-state index in [1.54, 1.807) is 32.9 Å². The van der Waals surface area contributed by atoms with Gasteiger partial charge in [-0.25, -0.2) is 9.59 Å². The molecule has 0 radical (unpaired) electrons. The number of carbonyl (C=O) groups excluding carboxylic acids is 2. The van der Waals surface area contributed by atoms with E-state index >= 15 is 0 Å². The van der Waals surface area contributed by atoms with Gasteiger partial charge in [-0.2, -0.15) is 0 Å². The predicted molar refractivity (Wildman–Crippen MR) is 78.1 cm³/mol. The fourth-order valence-corrected chi connectivity index (χ4v) is 1.80. The quantitative estimate of drug-likeness (QED) is 0.654. The van der Waals surface area contributed by atoms with Crippen molar-refractivity contribution in [3.63, 3.8) is 0 Å². The number of primary amides is 1. The summed E-state index contributed by atoms with van der Waals surface area (Å²) in [7, 11) is 0. The van der Waals surface area contributed by atoms with Gasteiger partial charge in [0.15, 0.2) is 0 Å². The molecule has 0 saturated heterocycles. The first-order valence-corrected chi connectivity index (χ1v) is 6.43. The summed E-state index contributed by atoms with van der Waals surface area (Å²) in [5.74, 6) is -1.86. The Labute approximate surface area is 122 Å². The number of urea groups is 1. The van der Waals surface area contributed by atoms with Crippen LogP contribution in [0.3, 0.4) is 0 Å². The van der Waals surface area contributed by atoms with Gasteiger partial charge in [0.05, 0.1) is 5.56 Å². The van der Waals surface area contributed by atoms with Gasteiger partial charge in [-0.3, -0.25) is 4.79 Å². The molecule has 7 heteroatoms. The van der Waals surface area contributed by atoms with Crippen LogP contribution in [0.2, 0.25) is 0 Å². The van der Waals surface area contributed by atoms with Gasteiger partial charge in [0, 0.05) is 5.69 Å². The van der Waals surface area contributed by atoms with Crippen LogP contribution in [0.5, 0.6) is 0 Å². The van der Waals surface area contributed by atoms with Crippen LogP contribution in [0.25, 0.3) is 0 Å². The van der Waals surface area contributed by atoms with E-state index in [4.69, 9.17) is 10.8 Å². The summed E-state index contributed by atoms with van der Waals surface area (Å²) in [6.07, 6.45) is 0. The molecule has 5 N–H and O–H groups in total. The second-order valence-corrected chi connectivity index (χ2v) is 5.06. The molecule has 0 bridgehead atoms. The monoisotopic (exact) mass is 293 g/mol. The molecule has 1 atom stereocenters. The number of hydrogen-bond acceptors (Lipinski definition) is 3. The Morgan fingerprint density at radius 1 is 1.24 bits per heavy atom. The molecule has 1 unspecified atom stereocenters. The zero-order chi connectivity index (χ0) is 16.2. The lowest BCUT2D eigenvalue weighted by molar-refractivity contribution is -0.120. The maximum Gasteiger partial charge on any atom is 0.336 e. The molecule has 1 aromatic rings. The van der Waals surface area contributed by atoms with E-state index < -0.39 is 23.9 Å². The molecule has 1 aromatic carbocycles. The molecule has 0 fully saturated rings. The van der Waals surface area contributed by atoms with Gasteiger partial charge >= 0.3 is 12.0 Å². The van der Waals surface area contributed by atoms with Crippen molar-refractivity contribution in [2.45, 2.75) is 26.8 Å². The highest BCUT2D eigenvalue weighted by Gasteiger charge is 2.21. The number of rotatable bonds is 5. The minimum Gasteiger partial charge on any atom is -0.478 e. The molecule has 0 spiro atoms. The normalized spacial score (nSPS) is 11.8. The van der Waals surface area contributed by atoms with Crippen LogP contribution in [0, 0.1) is 12.8 Å². The lowest BCUT2D eigenvalue weighted by atomic mass is 10.0. The number of benzene rings is 1. The number of carboxylic acids is 1. The van der Waals surface area contributed by atoms with Crippen LogP contribution < -0.4 is 16.4 Å². The Morgan fingerprint density at radius 2 is 1.86 bits per heavy atom. The molecule has 0 aromatic heterocycles. The van der Waals surface area contributed by atoms with E-state index in [9.17, 15) is 14.4 Å². The van der Waals surface area contributed by atoms with Gasteiger partial charge < -0.3 is 21.5 Å². The first-order valence-electron chi connectivity index (χ1n) is 6.43. The van der Waals surface area contributed by atoms with Crippen molar-refractivity contribution >= 4 is 23.6 Å². The highest BCUT2D eigenvalue weighted by Crippen LogP contribution is 2.15. The Kier molecular flexibility index (Phi) is 5.29. The maximum atomic E-state index is 11.8. The molecular formula is C14H19N3O4. The Bertz CT molecular complexity index is 569. The third-order valence-electron chi connectivity index (χ3n) is 2.99. The largest absolute Gasteiger partial charge is 0.478 e. The highest BCUT2D eigenvalue weighted by molar-refractivity contribution is 5.95. The van der Waals surface area contributed by atoms with E-state index in [1.807, 2.05) is 0 Å². The van der Waals surface area contributed by atoms with Crippen LogP contribution in [0.15, 0.2) is 18.2 Å². The highest BCUT2D eigenvalue weighted by atomic mass is 16.4. The third kappa shape index (κ3) is 4.48. The summed E-state index contributed by atoms with van der Waals surface area (Å²) in [5, 5.41) is 14.0. The van der Waals surface area contributed by atoms with Crippen molar-refractivity contribution in [2.75, 3.05) is 5.32 Å². The van der Waals surface area contributed by atoms with Crippen LogP contribution in [-0.2, 0) is 4.79 Å². The number of hydrogen-bond donors (Lipinski definition) is 4. The van der Waals surface area contributed by atoms with Gasteiger partial charge in [0.25, 0.3) is 0 Å². The van der Waals surface area contributed by atoms with Crippen LogP contribution in [0.4, 0.5) is 10.5 Å². The van der Waals surface area contributed by atoms with E-state index in [2.05, 4.69) is 10.6 Å². The summed E-state index contributed by atoms with van der Waals surface area (Å²) >= 11 is 0. The van der Waals surface area contributed by atoms with Crippen molar-refractivity contribution in [1.82, 2.24) is 5.32 Å². The average Bonchev–Trinajstić information content (AvgIpc) is 2.37. The van der Waals surface area contributed by atoms with E-state index in [1.165, 1.54) is 6.07 Å². The molecule has 0 aliphatic carbocycles. The second-order valence-electron chi connectivity index (χ2n) is 5.06. The summed E-state index contributed by atoms with van der Waals surface area (Å²) in [6, 6.07) is 3.11. The number of carboxylic acid groups (broad SMARTS) is 1. The lowest BCUT2D eigenvalue weighted by Crippen LogP contribution is -2.49. The van der Waals surface area contributed by atoms with Crippen LogP contribution >= 0.6 is 0 Å². The van der Waals surface area contributed by atoms with Gasteiger partial charge in [-0.1, -0.05) is 19.9 Å². The molecule has 0 heterocycles. The van der Waals surface area contributed by atoms with Crippen LogP contribution in [0.1, 0.15) is 29.8 Å². The van der Waals surface area contributed by atoms with Crippen molar-refractivity contribution < 1.29 is 19.5 Å². The summed E-state index contributed by atoms with van der Waals surface area (Å²) < 4.78 is 0. The molecule has 0 aliphatic rings. The molecule has 7 nitrogen and oxygen atoms in total. The number of aromatic carboxylic acids is 1. The minimum absolute atomic E-state index is 0.100. The third-order valence-corrected chi connectivity index (χ3v) is 2.99. The summed E-state index contributed by atoms with van der Waals surface area (Å²) in [6.45, 7) is 5.17. The lowest BCUT2D eigenvalue weighted by Gasteiger charge is -2.19. The Morgan fingerprint density at radius 3 is 2.33 bits per heavy atom. The van der Waals surface area contributed by atoms with E-state index in [0.29, 0.717) is 11.3 Å². The number of nitrogens with two attached hydrogens (primary N) is 1. The molecule has 3 amide bonds. The van der Waals surface area contributed by atoms with Crippen molar-refractivity contribution in [3.8, 4) is 0 Å². The van der Waals surface area contributed by atoms with E-state index in [-0.39, 0.29) is 11.5 Å². The average molecular weight is 293 g/mol. The zero-order valence-electron chi connectivity index (χ0n) is 12.1. The second kappa shape index (κ2) is 6.74. The number of anilines is 1. The zero-order valence-corrected chi connectivity index (χ0v) is 12.1. The topological polar surface area (TPSA) is 122 Å². The standard InChI is InChI=1S/C14H19N3O4/c1-7(2)11(12(15)18)17-14(21)16-9-5-4-8(3)10(6-9)13(19)20/h4-7,11H,1-3H3,(H2,15,18)(H,19,20)(H2,16,17,21). The van der Waals surface area contributed by atoms with Gasteiger partial charge in [0.1, 0.15) is 6.04 Å². The van der Waals surface area contributed by atoms with Gasteiger partial charge in [-0.05, 0) is 30.5 Å². The predicted octanol–water partition coefficient (Wildman–Crippen LogP) is 1.32. The SMILES string of the molecule is Cc1ccc(NC(=O)NC(C(N)=O)C(C)C)cc1C(=O)O. The Balaban J connectivity index is 2.82. The first-order chi connectivity index (χ1) is 9.72. The summed E-state index contributed by atoms with van der Waals surface area (Å²) in [5.41, 5.74) is 6.21. The molecule has 1 rings (SSSR count). The number of aryl methyl sites for hydroxylation is 1. The molecule has 114 valence electrons. The number of amides is 3. The van der Waals surface area contributed by atoms with Gasteiger partial charge in [0.2, 0.25) is 5.91 Å². The number of nitrogens with one attached hydrogen (secondary N) is 2. The van der Waals surface area contributed by atoms with Crippen molar-refractivity contribution in [1.29, 1.82) is 0 Å². The molecule has 0 saturated carbocycles. The smallest absolute Gasteiger partial charge is 0.336 e. The first kappa shape index (κ1) is 16.5. The molecule has 0 aliphatic heterocycles. The molecule has 21 heavy (non-hydrogen) atoms. The maximum absolute atomic E-state index is 11.8. The number of carbonyl (C=O) groups is 3. The van der Waals surface area contributed by atoms with E-state index in [0.717, 1.165) is 0 Å².